The molecular formula is C16H10ClF3O4. The van der Waals surface area contributed by atoms with Gasteiger partial charge in [0.1, 0.15) is 11.5 Å². The number of carbonyl (C=O) groups is 1. The van der Waals surface area contributed by atoms with Crippen LogP contribution < -0.4 is 4.74 Å². The Morgan fingerprint density at radius 1 is 1.21 bits per heavy atom. The molecule has 0 aromatic heterocycles. The molecule has 2 aromatic carbocycles. The lowest BCUT2D eigenvalue weighted by atomic mass is 10.0. The Morgan fingerprint density at radius 2 is 1.92 bits per heavy atom. The SMILES string of the molecule is CC1(O)OC(=O)c2ccc(Oc3ccc(C(F)(F)F)cc3Cl)cc21. The molecule has 1 N–H and O–H groups in total. The summed E-state index contributed by atoms with van der Waals surface area (Å²) in [7, 11) is 0. The highest BCUT2D eigenvalue weighted by Gasteiger charge is 2.40. The number of esters is 1. The third kappa shape index (κ3) is 2.92. The van der Waals surface area contributed by atoms with Crippen LogP contribution in [0.15, 0.2) is 36.4 Å². The highest BCUT2D eigenvalue weighted by atomic mass is 35.5. The predicted octanol–water partition coefficient (Wildman–Crippen LogP) is 4.49. The van der Waals surface area contributed by atoms with Gasteiger partial charge in [0.25, 0.3) is 0 Å². The van der Waals surface area contributed by atoms with Crippen molar-refractivity contribution < 1.29 is 32.5 Å². The number of fused-ring (bicyclic) bond motifs is 1. The fourth-order valence-corrected chi connectivity index (χ4v) is 2.55. The van der Waals surface area contributed by atoms with E-state index in [4.69, 9.17) is 21.1 Å². The summed E-state index contributed by atoms with van der Waals surface area (Å²) in [4.78, 5) is 11.6. The van der Waals surface area contributed by atoms with Crippen molar-refractivity contribution in [2.24, 2.45) is 0 Å². The third-order valence-electron chi connectivity index (χ3n) is 3.49. The van der Waals surface area contributed by atoms with Crippen LogP contribution in [0.4, 0.5) is 13.2 Å². The lowest BCUT2D eigenvalue weighted by Crippen LogP contribution is -2.20. The van der Waals surface area contributed by atoms with Gasteiger partial charge in [-0.25, -0.2) is 4.79 Å². The minimum absolute atomic E-state index is 0.00880. The van der Waals surface area contributed by atoms with Gasteiger partial charge in [-0.1, -0.05) is 11.6 Å². The first-order valence-electron chi connectivity index (χ1n) is 6.73. The molecule has 0 bridgehead atoms. The van der Waals surface area contributed by atoms with Crippen LogP contribution in [0, 0.1) is 0 Å². The maximum Gasteiger partial charge on any atom is 0.416 e. The number of aliphatic hydroxyl groups is 1. The topological polar surface area (TPSA) is 55.8 Å². The normalized spacial score (nSPS) is 19.8. The standard InChI is InChI=1S/C16H10ClF3O4/c1-15(22)11-7-9(3-4-10(11)14(21)24-15)23-13-5-2-8(6-12(13)17)16(18,19)20/h2-7,22H,1H3. The summed E-state index contributed by atoms with van der Waals surface area (Å²) in [6.45, 7) is 1.30. The molecular weight excluding hydrogens is 349 g/mol. The van der Waals surface area contributed by atoms with Crippen LogP contribution >= 0.6 is 11.6 Å². The summed E-state index contributed by atoms with van der Waals surface area (Å²) < 4.78 is 48.1. The van der Waals surface area contributed by atoms with E-state index >= 15 is 0 Å². The van der Waals surface area contributed by atoms with Gasteiger partial charge < -0.3 is 14.6 Å². The van der Waals surface area contributed by atoms with Gasteiger partial charge in [-0.3, -0.25) is 0 Å². The van der Waals surface area contributed by atoms with Gasteiger partial charge in [0, 0.05) is 12.5 Å². The first-order valence-corrected chi connectivity index (χ1v) is 7.10. The summed E-state index contributed by atoms with van der Waals surface area (Å²) in [6.07, 6.45) is -4.51. The second-order valence-corrected chi connectivity index (χ2v) is 5.73. The largest absolute Gasteiger partial charge is 0.456 e. The zero-order valence-corrected chi connectivity index (χ0v) is 12.9. The van der Waals surface area contributed by atoms with Crippen LogP contribution in [0.25, 0.3) is 0 Å². The number of alkyl halides is 3. The minimum Gasteiger partial charge on any atom is -0.456 e. The van der Waals surface area contributed by atoms with E-state index in [0.29, 0.717) is 0 Å². The van der Waals surface area contributed by atoms with Gasteiger partial charge in [0.15, 0.2) is 0 Å². The predicted molar refractivity (Wildman–Crippen MR) is 78.0 cm³/mol. The second-order valence-electron chi connectivity index (χ2n) is 5.32. The molecule has 1 heterocycles. The zero-order chi connectivity index (χ0) is 17.7. The summed E-state index contributed by atoms with van der Waals surface area (Å²) in [5.41, 5.74) is -0.505. The molecule has 0 aliphatic carbocycles. The zero-order valence-electron chi connectivity index (χ0n) is 12.1. The van der Waals surface area contributed by atoms with Gasteiger partial charge in [0.05, 0.1) is 16.1 Å². The maximum atomic E-state index is 12.6. The quantitative estimate of drug-likeness (QED) is 0.804. The van der Waals surface area contributed by atoms with Crippen molar-refractivity contribution in [2.45, 2.75) is 18.9 Å². The molecule has 4 nitrogen and oxygen atoms in total. The average Bonchev–Trinajstić information content (AvgIpc) is 2.70. The van der Waals surface area contributed by atoms with Gasteiger partial charge in [-0.2, -0.15) is 13.2 Å². The van der Waals surface area contributed by atoms with E-state index in [9.17, 15) is 23.1 Å². The van der Waals surface area contributed by atoms with E-state index < -0.39 is 23.5 Å². The first-order chi connectivity index (χ1) is 11.1. The van der Waals surface area contributed by atoms with Gasteiger partial charge in [-0.05, 0) is 36.4 Å². The Kier molecular flexibility index (Phi) is 3.73. The van der Waals surface area contributed by atoms with Crippen molar-refractivity contribution in [3.8, 4) is 11.5 Å². The van der Waals surface area contributed by atoms with Gasteiger partial charge >= 0.3 is 12.1 Å². The number of halogens is 4. The Morgan fingerprint density at radius 3 is 2.54 bits per heavy atom. The number of cyclic esters (lactones) is 1. The number of ether oxygens (including phenoxy) is 2. The van der Waals surface area contributed by atoms with Crippen molar-refractivity contribution in [3.05, 3.63) is 58.1 Å². The van der Waals surface area contributed by atoms with Gasteiger partial charge in [0.2, 0.25) is 5.79 Å². The number of hydrogen-bond acceptors (Lipinski definition) is 4. The smallest absolute Gasteiger partial charge is 0.416 e. The summed E-state index contributed by atoms with van der Waals surface area (Å²) in [5, 5.41) is 9.82. The highest BCUT2D eigenvalue weighted by Crippen LogP contribution is 2.39. The Hall–Kier alpha value is -2.25. The van der Waals surface area contributed by atoms with Crippen LogP contribution in [-0.4, -0.2) is 11.1 Å². The van der Waals surface area contributed by atoms with Crippen molar-refractivity contribution in [3.63, 3.8) is 0 Å². The molecule has 0 fully saturated rings. The van der Waals surface area contributed by atoms with Crippen LogP contribution in [0.3, 0.4) is 0 Å². The van der Waals surface area contributed by atoms with Crippen LogP contribution in [-0.2, 0) is 16.7 Å². The number of carbonyl (C=O) groups excluding carboxylic acids is 1. The van der Waals surface area contributed by atoms with Crippen molar-refractivity contribution in [2.75, 3.05) is 0 Å². The average molecular weight is 359 g/mol. The number of benzene rings is 2. The van der Waals surface area contributed by atoms with E-state index in [1.807, 2.05) is 0 Å². The lowest BCUT2D eigenvalue weighted by molar-refractivity contribution is -0.147. The molecule has 1 aliphatic heterocycles. The summed E-state index contributed by atoms with van der Waals surface area (Å²) in [6, 6.07) is 6.89. The number of hydrogen-bond donors (Lipinski definition) is 1. The molecule has 0 amide bonds. The molecule has 0 spiro atoms. The van der Waals surface area contributed by atoms with E-state index in [1.165, 1.54) is 25.1 Å². The van der Waals surface area contributed by atoms with E-state index in [2.05, 4.69) is 0 Å². The Bertz CT molecular complexity index is 831. The summed E-state index contributed by atoms with van der Waals surface area (Å²) >= 11 is 5.83. The fourth-order valence-electron chi connectivity index (χ4n) is 2.33. The molecule has 8 heteroatoms. The van der Waals surface area contributed by atoms with Crippen molar-refractivity contribution >= 4 is 17.6 Å². The van der Waals surface area contributed by atoms with Crippen molar-refractivity contribution in [1.29, 1.82) is 0 Å². The minimum atomic E-state index is -4.51. The van der Waals surface area contributed by atoms with Crippen molar-refractivity contribution in [1.82, 2.24) is 0 Å². The Labute approximate surface area is 139 Å². The molecule has 0 radical (unpaired) electrons. The van der Waals surface area contributed by atoms with Crippen LogP contribution in [0.1, 0.15) is 28.4 Å². The molecule has 1 unspecified atom stereocenters. The summed E-state index contributed by atoms with van der Waals surface area (Å²) in [5.74, 6) is -2.27. The third-order valence-corrected chi connectivity index (χ3v) is 3.78. The van der Waals surface area contributed by atoms with Crippen LogP contribution in [0.2, 0.25) is 5.02 Å². The molecule has 2 aromatic rings. The highest BCUT2D eigenvalue weighted by molar-refractivity contribution is 6.32. The monoisotopic (exact) mass is 358 g/mol. The number of rotatable bonds is 2. The molecule has 0 saturated heterocycles. The lowest BCUT2D eigenvalue weighted by Gasteiger charge is -2.16. The van der Waals surface area contributed by atoms with E-state index in [-0.39, 0.29) is 27.6 Å². The van der Waals surface area contributed by atoms with E-state index in [1.54, 1.807) is 0 Å². The molecule has 1 atom stereocenters. The Balaban J connectivity index is 1.92. The second kappa shape index (κ2) is 5.39. The molecule has 126 valence electrons. The maximum absolute atomic E-state index is 12.6. The molecule has 0 saturated carbocycles. The first kappa shape index (κ1) is 16.6. The van der Waals surface area contributed by atoms with E-state index in [0.717, 1.165) is 18.2 Å². The fraction of sp³-hybridized carbons (Fsp3) is 0.188. The molecule has 3 rings (SSSR count). The van der Waals surface area contributed by atoms with Crippen LogP contribution in [0.5, 0.6) is 11.5 Å². The molecule has 1 aliphatic rings. The van der Waals surface area contributed by atoms with Gasteiger partial charge in [-0.15, -0.1) is 0 Å². The molecule has 24 heavy (non-hydrogen) atoms.